The van der Waals surface area contributed by atoms with Gasteiger partial charge < -0.3 is 24.8 Å². The zero-order valence-electron chi connectivity index (χ0n) is 19.9. The van der Waals surface area contributed by atoms with Crippen LogP contribution in [0.25, 0.3) is 5.57 Å². The molecule has 0 amide bonds. The zero-order valence-corrected chi connectivity index (χ0v) is 24.9. The summed E-state index contributed by atoms with van der Waals surface area (Å²) in [5, 5.41) is 0. The average molecular weight is 605 g/mol. The summed E-state index contributed by atoms with van der Waals surface area (Å²) in [4.78, 5) is 0. The van der Waals surface area contributed by atoms with Gasteiger partial charge in [-0.15, -0.1) is 0 Å². The molecule has 0 bridgehead atoms. The van der Waals surface area contributed by atoms with Crippen LogP contribution in [0.3, 0.4) is 0 Å². The first-order valence-electron chi connectivity index (χ1n) is 10.8. The third-order valence-electron chi connectivity index (χ3n) is 7.08. The molecule has 0 radical (unpaired) electrons. The molecule has 0 nitrogen and oxygen atoms in total. The van der Waals surface area contributed by atoms with Gasteiger partial charge in [0.25, 0.3) is 0 Å². The van der Waals surface area contributed by atoms with E-state index in [2.05, 4.69) is 40.8 Å². The van der Waals surface area contributed by atoms with Crippen molar-refractivity contribution < 1.29 is 62.7 Å². The van der Waals surface area contributed by atoms with Crippen LogP contribution in [-0.2, 0) is 20.4 Å². The summed E-state index contributed by atoms with van der Waals surface area (Å²) in [6.45, 7) is 13.5. The Bertz CT molecular complexity index is 1260. The summed E-state index contributed by atoms with van der Waals surface area (Å²) >= 11 is -2.38. The van der Waals surface area contributed by atoms with E-state index in [1.165, 1.54) is 16.7 Å². The van der Waals surface area contributed by atoms with Crippen molar-refractivity contribution in [1.29, 1.82) is 0 Å². The van der Waals surface area contributed by atoms with E-state index in [1.807, 2.05) is 30.3 Å². The van der Waals surface area contributed by atoms with Crippen LogP contribution < -0.4 is 24.8 Å². The summed E-state index contributed by atoms with van der Waals surface area (Å²) in [6.07, 6.45) is 1.92. The molecular formula is C26H26Cl2F4SiZr. The van der Waals surface area contributed by atoms with E-state index in [0.29, 0.717) is 11.5 Å². The van der Waals surface area contributed by atoms with E-state index in [4.69, 9.17) is 0 Å². The Morgan fingerprint density at radius 3 is 1.91 bits per heavy atom. The smallest absolute Gasteiger partial charge is 1.00 e. The molecule has 2 aromatic carbocycles. The van der Waals surface area contributed by atoms with Gasteiger partial charge in [-0.05, 0) is 0 Å². The van der Waals surface area contributed by atoms with Crippen molar-refractivity contribution in [2.75, 3.05) is 0 Å². The van der Waals surface area contributed by atoms with Crippen molar-refractivity contribution in [3.63, 3.8) is 0 Å². The quantitative estimate of drug-likeness (QED) is 0.285. The number of fused-ring (bicyclic) bond motifs is 1. The molecule has 0 heterocycles. The Morgan fingerprint density at radius 1 is 0.853 bits per heavy atom. The van der Waals surface area contributed by atoms with Gasteiger partial charge in [-0.1, -0.05) is 0 Å². The fourth-order valence-electron chi connectivity index (χ4n) is 5.17. The van der Waals surface area contributed by atoms with Crippen molar-refractivity contribution in [3.05, 3.63) is 96.4 Å². The van der Waals surface area contributed by atoms with Crippen LogP contribution in [0.4, 0.5) is 17.6 Å². The first-order chi connectivity index (χ1) is 15.1. The van der Waals surface area contributed by atoms with Gasteiger partial charge in [-0.2, -0.15) is 0 Å². The minimum atomic E-state index is -2.38. The topological polar surface area (TPSA) is 0 Å². The molecule has 180 valence electrons. The maximum absolute atomic E-state index is 14.8. The summed E-state index contributed by atoms with van der Waals surface area (Å²) in [5.74, 6) is -5.00. The third kappa shape index (κ3) is 4.61. The van der Waals surface area contributed by atoms with Gasteiger partial charge >= 0.3 is 196 Å². The second-order valence-corrected chi connectivity index (χ2v) is 26.4. The predicted octanol–water partition coefficient (Wildman–Crippen LogP) is 1.87. The van der Waals surface area contributed by atoms with Gasteiger partial charge in [0.1, 0.15) is 0 Å². The van der Waals surface area contributed by atoms with E-state index in [-0.39, 0.29) is 40.1 Å². The Balaban J connectivity index is 0.00000204. The molecule has 2 aliphatic carbocycles. The molecule has 0 saturated heterocycles. The molecule has 8 heteroatoms. The molecule has 2 aromatic rings. The van der Waals surface area contributed by atoms with Crippen molar-refractivity contribution >= 4 is 11.0 Å². The van der Waals surface area contributed by atoms with E-state index in [0.717, 1.165) is 5.56 Å². The standard InChI is InChI=1S/C15H7F4.C9H13.C2H6Si.2ClH.Zr/c16-11-7-12(17)15(19)13(14(11)18)10-6-5-8-3-1-2-4-9(8)10;1-6-5-7(2)9(4)8(6)3;1-3-2;;;/h1-7H;6H,1-4H3;1-2H3;2*1H;/q;;;;;+2/p-2. The second-order valence-electron chi connectivity index (χ2n) is 8.97. The average Bonchev–Trinajstić information content (AvgIpc) is 3.20. The number of halogens is 6. The van der Waals surface area contributed by atoms with Crippen LogP contribution in [0, 0.1) is 29.2 Å². The van der Waals surface area contributed by atoms with Crippen LogP contribution in [0.15, 0.2) is 56.4 Å². The van der Waals surface area contributed by atoms with E-state index >= 15 is 0 Å². The molecule has 2 unspecified atom stereocenters. The van der Waals surface area contributed by atoms with Gasteiger partial charge in [0.2, 0.25) is 0 Å². The number of benzene rings is 2. The largest absolute Gasteiger partial charge is 1.00 e. The van der Waals surface area contributed by atoms with E-state index in [9.17, 15) is 17.6 Å². The predicted molar refractivity (Wildman–Crippen MR) is 120 cm³/mol. The van der Waals surface area contributed by atoms with Gasteiger partial charge in [0.15, 0.2) is 0 Å². The number of rotatable bonds is 3. The normalized spacial score (nSPS) is 18.7. The SMILES string of the molecule is CC1=C(C)C(C)[C]([Zr+2]([CH]2C=C(c3c(F)c(F)cc(F)c3F)c3ccccc32)=[Si](C)C)=C1C.[Cl-].[Cl-]. The molecule has 0 N–H and O–H groups in total. The van der Waals surface area contributed by atoms with Gasteiger partial charge in [0.05, 0.1) is 0 Å². The number of allylic oxidation sites excluding steroid dienone is 5. The summed E-state index contributed by atoms with van der Waals surface area (Å²) < 4.78 is 59.4. The molecule has 0 saturated carbocycles. The molecule has 34 heavy (non-hydrogen) atoms. The maximum atomic E-state index is 14.8. The van der Waals surface area contributed by atoms with E-state index in [1.54, 1.807) is 3.28 Å². The first kappa shape index (κ1) is 29.3. The van der Waals surface area contributed by atoms with Crippen LogP contribution >= 0.6 is 0 Å². The minimum absolute atomic E-state index is 0. The fraction of sp³-hybridized carbons (Fsp3) is 0.308. The molecule has 2 aliphatic rings. The summed E-state index contributed by atoms with van der Waals surface area (Å²) in [6, 6.07) is 7.86. The van der Waals surface area contributed by atoms with Crippen molar-refractivity contribution in [1.82, 2.24) is 0 Å². The summed E-state index contributed by atoms with van der Waals surface area (Å²) in [7, 11) is 0. The Labute approximate surface area is 219 Å². The second kappa shape index (κ2) is 11.0. The van der Waals surface area contributed by atoms with Gasteiger partial charge in [0, 0.05) is 0 Å². The number of hydrogen-bond acceptors (Lipinski definition) is 0. The molecule has 0 spiro atoms. The molecule has 0 aromatic heterocycles. The van der Waals surface area contributed by atoms with Crippen molar-refractivity contribution in [3.8, 4) is 0 Å². The molecule has 0 fully saturated rings. The van der Waals surface area contributed by atoms with Crippen molar-refractivity contribution in [2.24, 2.45) is 5.92 Å². The van der Waals surface area contributed by atoms with Crippen LogP contribution in [0.2, 0.25) is 13.1 Å². The van der Waals surface area contributed by atoms with Crippen LogP contribution in [-0.4, -0.2) is 5.43 Å². The van der Waals surface area contributed by atoms with Crippen LogP contribution in [0.5, 0.6) is 0 Å². The zero-order chi connectivity index (χ0) is 23.5. The Kier molecular flexibility index (Phi) is 9.46. The molecule has 4 rings (SSSR count). The Morgan fingerprint density at radius 2 is 1.41 bits per heavy atom. The van der Waals surface area contributed by atoms with Crippen LogP contribution in [0.1, 0.15) is 48.0 Å². The third-order valence-corrected chi connectivity index (χ3v) is 25.7. The Hall–Kier alpha value is -0.940. The van der Waals surface area contributed by atoms with Crippen molar-refractivity contribution in [2.45, 2.75) is 44.4 Å². The minimum Gasteiger partial charge on any atom is -1.00 e. The van der Waals surface area contributed by atoms with Gasteiger partial charge in [-0.3, -0.25) is 0 Å². The van der Waals surface area contributed by atoms with E-state index < -0.39 is 54.6 Å². The molecule has 0 aliphatic heterocycles. The summed E-state index contributed by atoms with van der Waals surface area (Å²) in [5.41, 5.74) is 4.86. The number of hydrogen-bond donors (Lipinski definition) is 0. The maximum Gasteiger partial charge on any atom is -1.00 e. The van der Waals surface area contributed by atoms with Gasteiger partial charge in [-0.25, -0.2) is 0 Å². The fourth-order valence-corrected chi connectivity index (χ4v) is 24.9. The molecule has 2 atom stereocenters. The molecular weight excluding hydrogens is 578 g/mol. The monoisotopic (exact) mass is 602 g/mol. The first-order valence-corrected chi connectivity index (χ1v) is 19.6.